The zero-order chi connectivity index (χ0) is 13.8. The fourth-order valence-electron chi connectivity index (χ4n) is 3.88. The first-order valence-electron chi connectivity index (χ1n) is 7.72. The van der Waals surface area contributed by atoms with E-state index < -0.39 is 5.97 Å². The van der Waals surface area contributed by atoms with Crippen LogP contribution in [0.5, 0.6) is 0 Å². The van der Waals surface area contributed by atoms with Gasteiger partial charge in [0.25, 0.3) is 0 Å². The largest absolute Gasteiger partial charge is 0.481 e. The summed E-state index contributed by atoms with van der Waals surface area (Å²) in [6.07, 6.45) is 6.77. The Morgan fingerprint density at radius 3 is 2.47 bits per heavy atom. The van der Waals surface area contributed by atoms with Crippen LogP contribution in [0.1, 0.15) is 45.4 Å². The van der Waals surface area contributed by atoms with Gasteiger partial charge in [-0.1, -0.05) is 26.2 Å². The average Bonchev–Trinajstić information content (AvgIpc) is 2.48. The van der Waals surface area contributed by atoms with Gasteiger partial charge in [0.1, 0.15) is 0 Å². The van der Waals surface area contributed by atoms with E-state index in [-0.39, 0.29) is 12.5 Å². The molecule has 2 atom stereocenters. The summed E-state index contributed by atoms with van der Waals surface area (Å²) in [5.74, 6) is -0.0283. The van der Waals surface area contributed by atoms with Gasteiger partial charge in [-0.15, -0.1) is 0 Å². The molecule has 0 aromatic carbocycles. The first-order valence-corrected chi connectivity index (χ1v) is 7.72. The van der Waals surface area contributed by atoms with E-state index in [9.17, 15) is 9.90 Å². The summed E-state index contributed by atoms with van der Waals surface area (Å²) in [7, 11) is 2.12. The Balaban J connectivity index is 2.09. The Hall–Kier alpha value is -0.610. The van der Waals surface area contributed by atoms with E-state index in [0.717, 1.165) is 19.6 Å². The lowest BCUT2D eigenvalue weighted by Crippen LogP contribution is -2.48. The first-order chi connectivity index (χ1) is 9.06. The van der Waals surface area contributed by atoms with Gasteiger partial charge in [-0.3, -0.25) is 9.69 Å². The number of aliphatic carboxylic acids is 1. The van der Waals surface area contributed by atoms with E-state index in [1.807, 2.05) is 0 Å². The fourth-order valence-corrected chi connectivity index (χ4v) is 3.88. The zero-order valence-electron chi connectivity index (χ0n) is 12.3. The van der Waals surface area contributed by atoms with Crippen LogP contribution in [-0.2, 0) is 4.79 Å². The second-order valence-corrected chi connectivity index (χ2v) is 6.57. The molecule has 2 fully saturated rings. The number of hydrogen-bond donors (Lipinski definition) is 1. The van der Waals surface area contributed by atoms with Crippen LogP contribution in [0.25, 0.3) is 0 Å². The van der Waals surface area contributed by atoms with Crippen LogP contribution in [0.15, 0.2) is 0 Å². The maximum absolute atomic E-state index is 11.2. The number of carbonyl (C=O) groups is 1. The van der Waals surface area contributed by atoms with Gasteiger partial charge in [0.15, 0.2) is 0 Å². The van der Waals surface area contributed by atoms with E-state index in [1.165, 1.54) is 32.1 Å². The van der Waals surface area contributed by atoms with Gasteiger partial charge in [0.2, 0.25) is 0 Å². The standard InChI is InChI=1S/C15H28N2O2/c1-12-9-16(2)11-14(8-15(18)19)17(10-12)13-6-4-3-5-7-13/h12-14H,3-11H2,1-2H3,(H,18,19). The molecule has 2 unspecified atom stereocenters. The van der Waals surface area contributed by atoms with Crippen molar-refractivity contribution >= 4 is 5.97 Å². The van der Waals surface area contributed by atoms with E-state index in [4.69, 9.17) is 0 Å². The number of hydrogen-bond acceptors (Lipinski definition) is 3. The Morgan fingerprint density at radius 1 is 1.16 bits per heavy atom. The third-order valence-electron chi connectivity index (χ3n) is 4.59. The van der Waals surface area contributed by atoms with Crippen molar-refractivity contribution in [1.82, 2.24) is 9.80 Å². The van der Waals surface area contributed by atoms with Crippen LogP contribution >= 0.6 is 0 Å². The van der Waals surface area contributed by atoms with Crippen molar-refractivity contribution in [2.75, 3.05) is 26.7 Å². The van der Waals surface area contributed by atoms with Crippen molar-refractivity contribution in [2.24, 2.45) is 5.92 Å². The van der Waals surface area contributed by atoms with Gasteiger partial charge in [-0.05, 0) is 25.8 Å². The van der Waals surface area contributed by atoms with Crippen LogP contribution in [0, 0.1) is 5.92 Å². The molecule has 1 saturated heterocycles. The van der Waals surface area contributed by atoms with Gasteiger partial charge in [-0.25, -0.2) is 0 Å². The lowest BCUT2D eigenvalue weighted by atomic mass is 9.92. The van der Waals surface area contributed by atoms with Gasteiger partial charge < -0.3 is 10.0 Å². The normalized spacial score (nSPS) is 32.1. The van der Waals surface area contributed by atoms with Crippen molar-refractivity contribution < 1.29 is 9.90 Å². The Kier molecular flexibility index (Phi) is 5.22. The second kappa shape index (κ2) is 6.71. The third-order valence-corrected chi connectivity index (χ3v) is 4.59. The molecule has 4 nitrogen and oxygen atoms in total. The minimum absolute atomic E-state index is 0.190. The van der Waals surface area contributed by atoms with Gasteiger partial charge in [0, 0.05) is 31.7 Å². The van der Waals surface area contributed by atoms with Crippen molar-refractivity contribution in [3.63, 3.8) is 0 Å². The summed E-state index contributed by atoms with van der Waals surface area (Å²) < 4.78 is 0. The molecule has 0 spiro atoms. The predicted molar refractivity (Wildman–Crippen MR) is 76.3 cm³/mol. The van der Waals surface area contributed by atoms with Crippen molar-refractivity contribution in [3.8, 4) is 0 Å². The molecule has 1 saturated carbocycles. The number of carboxylic acids is 1. The average molecular weight is 268 g/mol. The van der Waals surface area contributed by atoms with Gasteiger partial charge >= 0.3 is 5.97 Å². The maximum Gasteiger partial charge on any atom is 0.304 e. The van der Waals surface area contributed by atoms with Crippen LogP contribution in [0.4, 0.5) is 0 Å². The smallest absolute Gasteiger partial charge is 0.304 e. The van der Waals surface area contributed by atoms with Gasteiger partial charge in [0.05, 0.1) is 6.42 Å². The lowest BCUT2D eigenvalue weighted by Gasteiger charge is -2.39. The highest BCUT2D eigenvalue weighted by molar-refractivity contribution is 5.67. The van der Waals surface area contributed by atoms with E-state index in [2.05, 4.69) is 23.8 Å². The minimum atomic E-state index is -0.659. The molecule has 1 aliphatic carbocycles. The van der Waals surface area contributed by atoms with Crippen LogP contribution < -0.4 is 0 Å². The Morgan fingerprint density at radius 2 is 1.84 bits per heavy atom. The molecular formula is C15H28N2O2. The lowest BCUT2D eigenvalue weighted by molar-refractivity contribution is -0.138. The van der Waals surface area contributed by atoms with E-state index >= 15 is 0 Å². The first kappa shape index (κ1) is 14.8. The summed E-state index contributed by atoms with van der Waals surface area (Å²) >= 11 is 0. The highest BCUT2D eigenvalue weighted by Gasteiger charge is 2.33. The summed E-state index contributed by atoms with van der Waals surface area (Å²) in [6.45, 7) is 5.33. The molecule has 2 rings (SSSR count). The second-order valence-electron chi connectivity index (χ2n) is 6.57. The quantitative estimate of drug-likeness (QED) is 0.851. The molecule has 1 heterocycles. The molecule has 0 amide bonds. The summed E-state index contributed by atoms with van der Waals surface area (Å²) in [4.78, 5) is 16.0. The molecule has 1 N–H and O–H groups in total. The number of nitrogens with zero attached hydrogens (tertiary/aromatic N) is 2. The maximum atomic E-state index is 11.2. The number of rotatable bonds is 3. The monoisotopic (exact) mass is 268 g/mol. The van der Waals surface area contributed by atoms with E-state index in [1.54, 1.807) is 0 Å². The van der Waals surface area contributed by atoms with Crippen molar-refractivity contribution in [2.45, 2.75) is 57.5 Å². The fraction of sp³-hybridized carbons (Fsp3) is 0.933. The number of likely N-dealkylation sites (N-methyl/N-ethyl adjacent to an activating group) is 1. The molecule has 0 bridgehead atoms. The van der Waals surface area contributed by atoms with Crippen LogP contribution in [0.3, 0.4) is 0 Å². The Bertz CT molecular complexity index is 303. The molecule has 0 radical (unpaired) electrons. The zero-order valence-corrected chi connectivity index (χ0v) is 12.3. The van der Waals surface area contributed by atoms with Crippen LogP contribution in [0.2, 0.25) is 0 Å². The highest BCUT2D eigenvalue weighted by atomic mass is 16.4. The van der Waals surface area contributed by atoms with Gasteiger partial charge in [-0.2, -0.15) is 0 Å². The van der Waals surface area contributed by atoms with Crippen molar-refractivity contribution in [1.29, 1.82) is 0 Å². The number of carboxylic acid groups (broad SMARTS) is 1. The molecule has 4 heteroatoms. The summed E-state index contributed by atoms with van der Waals surface area (Å²) in [6, 6.07) is 0.808. The highest BCUT2D eigenvalue weighted by Crippen LogP contribution is 2.27. The third kappa shape index (κ3) is 4.18. The molecule has 0 aromatic rings. The van der Waals surface area contributed by atoms with Crippen molar-refractivity contribution in [3.05, 3.63) is 0 Å². The van der Waals surface area contributed by atoms with Crippen LogP contribution in [-0.4, -0.2) is 59.6 Å². The molecule has 2 aliphatic rings. The van der Waals surface area contributed by atoms with E-state index in [0.29, 0.717) is 12.0 Å². The SMILES string of the molecule is CC1CN(C)CC(CC(=O)O)N(C2CCCCC2)C1. The molecular weight excluding hydrogens is 240 g/mol. The minimum Gasteiger partial charge on any atom is -0.481 e. The summed E-state index contributed by atoms with van der Waals surface area (Å²) in [5.41, 5.74) is 0. The summed E-state index contributed by atoms with van der Waals surface area (Å²) in [5, 5.41) is 9.18. The topological polar surface area (TPSA) is 43.8 Å². The molecule has 19 heavy (non-hydrogen) atoms. The Labute approximate surface area is 116 Å². The predicted octanol–water partition coefficient (Wildman–Crippen LogP) is 2.05. The molecule has 0 aromatic heterocycles. The molecule has 1 aliphatic heterocycles. The molecule has 110 valence electrons.